The van der Waals surface area contributed by atoms with Gasteiger partial charge in [0.1, 0.15) is 5.60 Å². The molecule has 1 heterocycles. The second kappa shape index (κ2) is 7.18. The molecule has 1 fully saturated rings. The first-order valence-electron chi connectivity index (χ1n) is 7.84. The van der Waals surface area contributed by atoms with Crippen LogP contribution in [0.25, 0.3) is 0 Å². The highest BCUT2D eigenvalue weighted by molar-refractivity contribution is 5.03. The van der Waals surface area contributed by atoms with Crippen LogP contribution in [0.4, 0.5) is 0 Å². The minimum atomic E-state index is -0.313. The van der Waals surface area contributed by atoms with Crippen LogP contribution < -0.4 is 5.32 Å². The highest BCUT2D eigenvalue weighted by atomic mass is 16.5. The zero-order valence-electron chi connectivity index (χ0n) is 12.9. The van der Waals surface area contributed by atoms with Gasteiger partial charge in [-0.3, -0.25) is 0 Å². The van der Waals surface area contributed by atoms with Crippen LogP contribution in [-0.2, 0) is 16.9 Å². The van der Waals surface area contributed by atoms with E-state index in [0.29, 0.717) is 25.0 Å². The van der Waals surface area contributed by atoms with Gasteiger partial charge >= 0.3 is 0 Å². The summed E-state index contributed by atoms with van der Waals surface area (Å²) in [5, 5.41) is 7.50. The van der Waals surface area contributed by atoms with E-state index < -0.39 is 0 Å². The zero-order valence-corrected chi connectivity index (χ0v) is 12.9. The van der Waals surface area contributed by atoms with Crippen molar-refractivity contribution in [3.63, 3.8) is 0 Å². The van der Waals surface area contributed by atoms with Crippen LogP contribution in [0.2, 0.25) is 0 Å². The third kappa shape index (κ3) is 3.79. The number of hydrogen-bond acceptors (Lipinski definition) is 5. The van der Waals surface area contributed by atoms with Gasteiger partial charge in [0, 0.05) is 6.61 Å². The largest absolute Gasteiger partial charge is 0.367 e. The molecule has 20 heavy (non-hydrogen) atoms. The lowest BCUT2D eigenvalue weighted by atomic mass is 9.84. The van der Waals surface area contributed by atoms with E-state index in [1.165, 1.54) is 19.3 Å². The van der Waals surface area contributed by atoms with Crippen molar-refractivity contribution in [2.75, 3.05) is 13.2 Å². The van der Waals surface area contributed by atoms with Gasteiger partial charge < -0.3 is 14.6 Å². The molecule has 1 N–H and O–H groups in total. The van der Waals surface area contributed by atoms with Crippen molar-refractivity contribution in [1.29, 1.82) is 0 Å². The summed E-state index contributed by atoms with van der Waals surface area (Å²) in [4.78, 5) is 4.56. The van der Waals surface area contributed by atoms with E-state index in [2.05, 4.69) is 29.3 Å². The highest BCUT2D eigenvalue weighted by Gasteiger charge is 2.39. The predicted octanol–water partition coefficient (Wildman–Crippen LogP) is 3.01. The minimum Gasteiger partial charge on any atom is -0.367 e. The van der Waals surface area contributed by atoms with E-state index in [-0.39, 0.29) is 5.60 Å². The standard InChI is InChI=1S/C15H27N3O2/c1-4-19-15(8-6-5-7-9-15)14-17-13(20-18-14)11-16-10-12(2)3/h12,16H,4-11H2,1-3H3. The summed E-state index contributed by atoms with van der Waals surface area (Å²) < 4.78 is 11.4. The second-order valence-electron chi connectivity index (χ2n) is 6.02. The molecule has 0 aromatic carbocycles. The summed E-state index contributed by atoms with van der Waals surface area (Å²) in [6.45, 7) is 8.66. The number of hydrogen-bond donors (Lipinski definition) is 1. The van der Waals surface area contributed by atoms with Gasteiger partial charge in [0.25, 0.3) is 0 Å². The topological polar surface area (TPSA) is 60.2 Å². The van der Waals surface area contributed by atoms with Crippen molar-refractivity contribution in [1.82, 2.24) is 15.5 Å². The van der Waals surface area contributed by atoms with Crippen LogP contribution in [0.5, 0.6) is 0 Å². The molecule has 0 saturated heterocycles. The molecule has 0 unspecified atom stereocenters. The van der Waals surface area contributed by atoms with Gasteiger partial charge in [-0.2, -0.15) is 4.98 Å². The van der Waals surface area contributed by atoms with Crippen LogP contribution in [0.3, 0.4) is 0 Å². The summed E-state index contributed by atoms with van der Waals surface area (Å²) in [5.74, 6) is 2.01. The second-order valence-corrected chi connectivity index (χ2v) is 6.02. The van der Waals surface area contributed by atoms with E-state index in [9.17, 15) is 0 Å². The summed E-state index contributed by atoms with van der Waals surface area (Å²) in [6.07, 6.45) is 5.62. The van der Waals surface area contributed by atoms with Gasteiger partial charge in [-0.15, -0.1) is 0 Å². The molecule has 5 heteroatoms. The molecule has 0 amide bonds. The van der Waals surface area contributed by atoms with Gasteiger partial charge in [0.2, 0.25) is 11.7 Å². The Morgan fingerprint density at radius 1 is 1.30 bits per heavy atom. The number of rotatable bonds is 7. The SMILES string of the molecule is CCOC1(c2noc(CNCC(C)C)n2)CCCCC1. The van der Waals surface area contributed by atoms with E-state index in [1.807, 2.05) is 6.92 Å². The van der Waals surface area contributed by atoms with Crippen molar-refractivity contribution in [2.24, 2.45) is 5.92 Å². The van der Waals surface area contributed by atoms with Crippen LogP contribution in [0.15, 0.2) is 4.52 Å². The van der Waals surface area contributed by atoms with E-state index in [1.54, 1.807) is 0 Å². The lowest BCUT2D eigenvalue weighted by Gasteiger charge is -2.33. The average Bonchev–Trinajstić information content (AvgIpc) is 2.89. The molecule has 114 valence electrons. The van der Waals surface area contributed by atoms with Crippen LogP contribution in [0, 0.1) is 5.92 Å². The number of aromatic nitrogens is 2. The quantitative estimate of drug-likeness (QED) is 0.832. The Hall–Kier alpha value is -0.940. The first-order chi connectivity index (χ1) is 9.66. The molecule has 0 bridgehead atoms. The molecule has 0 aliphatic heterocycles. The molecule has 0 radical (unpaired) electrons. The van der Waals surface area contributed by atoms with Gasteiger partial charge in [0.05, 0.1) is 6.54 Å². The molecule has 1 saturated carbocycles. The Balaban J connectivity index is 2.01. The third-order valence-electron chi connectivity index (χ3n) is 3.79. The summed E-state index contributed by atoms with van der Waals surface area (Å²) in [5.41, 5.74) is -0.313. The number of ether oxygens (including phenoxy) is 1. The average molecular weight is 281 g/mol. The third-order valence-corrected chi connectivity index (χ3v) is 3.79. The van der Waals surface area contributed by atoms with Crippen LogP contribution in [0.1, 0.15) is 64.6 Å². The van der Waals surface area contributed by atoms with E-state index >= 15 is 0 Å². The molecule has 1 aliphatic carbocycles. The molecule has 1 aromatic heterocycles. The Labute approximate surface area is 121 Å². The Morgan fingerprint density at radius 2 is 2.05 bits per heavy atom. The maximum atomic E-state index is 6.01. The first kappa shape index (κ1) is 15.4. The lowest BCUT2D eigenvalue weighted by Crippen LogP contribution is -2.33. The van der Waals surface area contributed by atoms with Gasteiger partial charge in [-0.25, -0.2) is 0 Å². The fraction of sp³-hybridized carbons (Fsp3) is 0.867. The van der Waals surface area contributed by atoms with Crippen molar-refractivity contribution in [3.05, 3.63) is 11.7 Å². The number of nitrogens with zero attached hydrogens (tertiary/aromatic N) is 2. The molecule has 2 rings (SSSR count). The van der Waals surface area contributed by atoms with E-state index in [4.69, 9.17) is 9.26 Å². The van der Waals surface area contributed by atoms with Crippen molar-refractivity contribution >= 4 is 0 Å². The van der Waals surface area contributed by atoms with Gasteiger partial charge in [-0.1, -0.05) is 38.3 Å². The minimum absolute atomic E-state index is 0.313. The fourth-order valence-corrected chi connectivity index (χ4v) is 2.81. The number of nitrogens with one attached hydrogen (secondary N) is 1. The first-order valence-corrected chi connectivity index (χ1v) is 7.84. The Morgan fingerprint density at radius 3 is 2.70 bits per heavy atom. The fourth-order valence-electron chi connectivity index (χ4n) is 2.81. The monoisotopic (exact) mass is 281 g/mol. The Bertz CT molecular complexity index is 392. The van der Waals surface area contributed by atoms with Crippen LogP contribution >= 0.6 is 0 Å². The zero-order chi connectivity index (χ0) is 14.4. The summed E-state index contributed by atoms with van der Waals surface area (Å²) >= 11 is 0. The van der Waals surface area contributed by atoms with Crippen molar-refractivity contribution in [2.45, 2.75) is 65.0 Å². The maximum Gasteiger partial charge on any atom is 0.240 e. The molecule has 5 nitrogen and oxygen atoms in total. The maximum absolute atomic E-state index is 6.01. The molecule has 0 spiro atoms. The van der Waals surface area contributed by atoms with Crippen molar-refractivity contribution in [3.8, 4) is 0 Å². The lowest BCUT2D eigenvalue weighted by molar-refractivity contribution is -0.0777. The van der Waals surface area contributed by atoms with Gasteiger partial charge in [-0.05, 0) is 32.2 Å². The molecule has 1 aliphatic rings. The summed E-state index contributed by atoms with van der Waals surface area (Å²) in [6, 6.07) is 0. The molecular weight excluding hydrogens is 254 g/mol. The predicted molar refractivity (Wildman–Crippen MR) is 77.2 cm³/mol. The van der Waals surface area contributed by atoms with Crippen LogP contribution in [-0.4, -0.2) is 23.3 Å². The highest BCUT2D eigenvalue weighted by Crippen LogP contribution is 2.38. The summed E-state index contributed by atoms with van der Waals surface area (Å²) in [7, 11) is 0. The molecular formula is C15H27N3O2. The normalized spacial score (nSPS) is 18.6. The smallest absolute Gasteiger partial charge is 0.240 e. The molecule has 1 aromatic rings. The van der Waals surface area contributed by atoms with Crippen molar-refractivity contribution < 1.29 is 9.26 Å². The molecule has 0 atom stereocenters. The Kier molecular flexibility index (Phi) is 5.54. The van der Waals surface area contributed by atoms with Gasteiger partial charge in [0.15, 0.2) is 0 Å². The van der Waals surface area contributed by atoms with E-state index in [0.717, 1.165) is 25.2 Å².